The van der Waals surface area contributed by atoms with Crippen LogP contribution in [0.4, 0.5) is 0 Å². The number of sulfonamides is 1. The topological polar surface area (TPSA) is 89.3 Å². The molecule has 1 aliphatic heterocycles. The molecule has 0 bridgehead atoms. The third kappa shape index (κ3) is 4.40. The molecule has 158 valence electrons. The zero-order valence-corrected chi connectivity index (χ0v) is 17.7. The lowest BCUT2D eigenvalue weighted by Gasteiger charge is -2.33. The fourth-order valence-electron chi connectivity index (χ4n) is 3.25. The van der Waals surface area contributed by atoms with Gasteiger partial charge in [-0.3, -0.25) is 4.79 Å². The minimum Gasteiger partial charge on any atom is -0.494 e. The first-order valence-electron chi connectivity index (χ1n) is 9.61. The molecular formula is C20H26N2O6S. The molecule has 1 fully saturated rings. The Hall–Kier alpha value is -2.52. The number of furan rings is 1. The van der Waals surface area contributed by atoms with E-state index in [0.29, 0.717) is 24.7 Å². The van der Waals surface area contributed by atoms with Gasteiger partial charge < -0.3 is 18.8 Å². The molecule has 8 nitrogen and oxygen atoms in total. The first-order chi connectivity index (χ1) is 13.9. The number of nitrogens with zero attached hydrogens (tertiary/aromatic N) is 2. The fourth-order valence-corrected chi connectivity index (χ4v) is 4.80. The first-order valence-corrected chi connectivity index (χ1v) is 11.1. The third-order valence-corrected chi connectivity index (χ3v) is 6.64. The number of piperazine rings is 1. The van der Waals surface area contributed by atoms with Crippen molar-refractivity contribution in [1.29, 1.82) is 0 Å². The average molecular weight is 423 g/mol. The second-order valence-corrected chi connectivity index (χ2v) is 8.51. The summed E-state index contributed by atoms with van der Waals surface area (Å²) >= 11 is 0. The van der Waals surface area contributed by atoms with Gasteiger partial charge in [-0.05, 0) is 44.5 Å². The van der Waals surface area contributed by atoms with Gasteiger partial charge in [0.2, 0.25) is 10.0 Å². The van der Waals surface area contributed by atoms with E-state index in [4.69, 9.17) is 13.9 Å². The van der Waals surface area contributed by atoms with Crippen molar-refractivity contribution in [2.24, 2.45) is 0 Å². The highest BCUT2D eigenvalue weighted by Crippen LogP contribution is 2.34. The van der Waals surface area contributed by atoms with Crippen LogP contribution in [0, 0.1) is 6.92 Å². The van der Waals surface area contributed by atoms with E-state index in [9.17, 15) is 13.2 Å². The van der Waals surface area contributed by atoms with Gasteiger partial charge in [-0.25, -0.2) is 8.42 Å². The van der Waals surface area contributed by atoms with E-state index < -0.39 is 10.0 Å². The Morgan fingerprint density at radius 1 is 1.07 bits per heavy atom. The van der Waals surface area contributed by atoms with Gasteiger partial charge >= 0.3 is 0 Å². The van der Waals surface area contributed by atoms with Crippen molar-refractivity contribution in [2.45, 2.75) is 25.7 Å². The average Bonchev–Trinajstić information content (AvgIpc) is 3.24. The number of aryl methyl sites for hydroxylation is 1. The van der Waals surface area contributed by atoms with Crippen molar-refractivity contribution in [1.82, 2.24) is 9.21 Å². The molecule has 1 aromatic carbocycles. The molecular weight excluding hydrogens is 396 g/mol. The molecule has 0 atom stereocenters. The molecule has 1 saturated heterocycles. The monoisotopic (exact) mass is 422 g/mol. The molecule has 0 unspecified atom stereocenters. The minimum atomic E-state index is -3.81. The van der Waals surface area contributed by atoms with E-state index in [1.54, 1.807) is 30.0 Å². The van der Waals surface area contributed by atoms with Gasteiger partial charge in [0.15, 0.2) is 5.76 Å². The number of carbonyl (C=O) groups is 1. The Morgan fingerprint density at radius 3 is 2.31 bits per heavy atom. The number of rotatable bonds is 7. The summed E-state index contributed by atoms with van der Waals surface area (Å²) in [5.41, 5.74) is 0.808. The Labute approximate surface area is 171 Å². The Morgan fingerprint density at radius 2 is 1.72 bits per heavy atom. The quantitative estimate of drug-likeness (QED) is 0.681. The van der Waals surface area contributed by atoms with E-state index in [1.807, 2.05) is 13.8 Å². The van der Waals surface area contributed by atoms with Crippen LogP contribution in [0.25, 0.3) is 0 Å². The van der Waals surface area contributed by atoms with Crippen LogP contribution in [0.1, 0.15) is 30.0 Å². The predicted octanol–water partition coefficient (Wildman–Crippen LogP) is 2.53. The summed E-state index contributed by atoms with van der Waals surface area (Å²) in [4.78, 5) is 14.1. The SMILES string of the molecule is CCOc1cc(S(=O)(=O)N2CCN(C(=O)c3ccco3)CC2)c(OCC)cc1C. The van der Waals surface area contributed by atoms with Crippen molar-refractivity contribution >= 4 is 15.9 Å². The largest absolute Gasteiger partial charge is 0.494 e. The van der Waals surface area contributed by atoms with Gasteiger partial charge in [0.05, 0.1) is 19.5 Å². The predicted molar refractivity (Wildman–Crippen MR) is 107 cm³/mol. The smallest absolute Gasteiger partial charge is 0.289 e. The van der Waals surface area contributed by atoms with Gasteiger partial charge in [-0.1, -0.05) is 0 Å². The van der Waals surface area contributed by atoms with E-state index in [-0.39, 0.29) is 42.7 Å². The maximum Gasteiger partial charge on any atom is 0.289 e. The first kappa shape index (κ1) is 21.2. The summed E-state index contributed by atoms with van der Waals surface area (Å²) in [6.45, 7) is 7.24. The zero-order chi connectivity index (χ0) is 21.0. The molecule has 2 heterocycles. The summed E-state index contributed by atoms with van der Waals surface area (Å²) in [6, 6.07) is 6.47. The Kier molecular flexibility index (Phi) is 6.49. The molecule has 9 heteroatoms. The minimum absolute atomic E-state index is 0.0826. The standard InChI is InChI=1S/C20H26N2O6S/c1-4-26-17-14-19(18(27-5-2)13-15(17)3)29(24,25)22-10-8-21(9-11-22)20(23)16-7-6-12-28-16/h6-7,12-14H,4-5,8-11H2,1-3H3. The van der Waals surface area contributed by atoms with Crippen molar-refractivity contribution in [2.75, 3.05) is 39.4 Å². The summed E-state index contributed by atoms with van der Waals surface area (Å²) < 4.78 is 44.4. The fraction of sp³-hybridized carbons (Fsp3) is 0.450. The highest BCUT2D eigenvalue weighted by Gasteiger charge is 2.33. The molecule has 2 aromatic rings. The number of hydrogen-bond acceptors (Lipinski definition) is 6. The normalized spacial score (nSPS) is 15.3. The van der Waals surface area contributed by atoms with E-state index in [1.165, 1.54) is 16.6 Å². The van der Waals surface area contributed by atoms with Crippen molar-refractivity contribution < 1.29 is 27.1 Å². The molecule has 0 aliphatic carbocycles. The highest BCUT2D eigenvalue weighted by atomic mass is 32.2. The molecule has 0 N–H and O–H groups in total. The van der Waals surface area contributed by atoms with E-state index in [0.717, 1.165) is 5.56 Å². The lowest BCUT2D eigenvalue weighted by atomic mass is 10.2. The summed E-state index contributed by atoms with van der Waals surface area (Å²) in [5, 5.41) is 0. The van der Waals surface area contributed by atoms with Crippen LogP contribution in [-0.2, 0) is 10.0 Å². The third-order valence-electron chi connectivity index (χ3n) is 4.72. The van der Waals surface area contributed by atoms with E-state index in [2.05, 4.69) is 0 Å². The van der Waals surface area contributed by atoms with Crippen LogP contribution in [0.5, 0.6) is 11.5 Å². The molecule has 1 aliphatic rings. The molecule has 29 heavy (non-hydrogen) atoms. The van der Waals surface area contributed by atoms with Gasteiger partial charge in [0.1, 0.15) is 16.4 Å². The van der Waals surface area contributed by atoms with Crippen molar-refractivity contribution in [3.8, 4) is 11.5 Å². The highest BCUT2D eigenvalue weighted by molar-refractivity contribution is 7.89. The van der Waals surface area contributed by atoms with Gasteiger partial charge in [-0.15, -0.1) is 0 Å². The summed E-state index contributed by atoms with van der Waals surface area (Å²) in [7, 11) is -3.81. The van der Waals surface area contributed by atoms with Crippen molar-refractivity contribution in [3.63, 3.8) is 0 Å². The number of benzene rings is 1. The number of amides is 1. The lowest BCUT2D eigenvalue weighted by Crippen LogP contribution is -2.50. The lowest BCUT2D eigenvalue weighted by molar-refractivity contribution is 0.0666. The molecule has 0 radical (unpaired) electrons. The van der Waals surface area contributed by atoms with Crippen molar-refractivity contribution in [3.05, 3.63) is 41.9 Å². The second kappa shape index (κ2) is 8.87. The van der Waals surface area contributed by atoms with Crippen LogP contribution in [0.3, 0.4) is 0 Å². The van der Waals surface area contributed by atoms with Crippen LogP contribution in [-0.4, -0.2) is 62.9 Å². The number of ether oxygens (including phenoxy) is 2. The second-order valence-electron chi connectivity index (χ2n) is 6.60. The van der Waals surface area contributed by atoms with Gasteiger partial charge in [0.25, 0.3) is 5.91 Å². The number of carbonyl (C=O) groups excluding carboxylic acids is 1. The van der Waals surface area contributed by atoms with Gasteiger partial charge in [0, 0.05) is 32.2 Å². The maximum atomic E-state index is 13.3. The molecule has 3 rings (SSSR count). The molecule has 1 amide bonds. The Balaban J connectivity index is 1.82. The zero-order valence-electron chi connectivity index (χ0n) is 16.9. The molecule has 0 saturated carbocycles. The Bertz CT molecular complexity index is 948. The van der Waals surface area contributed by atoms with Crippen LogP contribution in [0.15, 0.2) is 39.8 Å². The molecule has 0 spiro atoms. The maximum absolute atomic E-state index is 13.3. The molecule has 1 aromatic heterocycles. The van der Waals surface area contributed by atoms with Crippen LogP contribution >= 0.6 is 0 Å². The van der Waals surface area contributed by atoms with Crippen LogP contribution in [0.2, 0.25) is 0 Å². The summed E-state index contributed by atoms with van der Waals surface area (Å²) in [5.74, 6) is 0.833. The van der Waals surface area contributed by atoms with E-state index >= 15 is 0 Å². The van der Waals surface area contributed by atoms with Gasteiger partial charge in [-0.2, -0.15) is 4.31 Å². The number of hydrogen-bond donors (Lipinski definition) is 0. The summed E-state index contributed by atoms with van der Waals surface area (Å²) in [6.07, 6.45) is 1.44. The van der Waals surface area contributed by atoms with Crippen LogP contribution < -0.4 is 9.47 Å².